The zero-order chi connectivity index (χ0) is 16.1. The Hall–Kier alpha value is -0.633. The maximum absolute atomic E-state index is 12.0. The topological polar surface area (TPSA) is 17.1 Å². The SMILES string of the molecule is CCCC/C=C/C(=O)CC(/C=C/C[Si](C)(C)C)CCCC. The highest BCUT2D eigenvalue weighted by molar-refractivity contribution is 6.76. The quantitative estimate of drug-likeness (QED) is 0.177. The number of hydrogen-bond donors (Lipinski definition) is 0. The molecule has 0 aromatic heterocycles. The first-order valence-electron chi connectivity index (χ1n) is 8.75. The Morgan fingerprint density at radius 1 is 1.05 bits per heavy atom. The summed E-state index contributed by atoms with van der Waals surface area (Å²) >= 11 is 0. The van der Waals surface area contributed by atoms with Crippen LogP contribution in [0.5, 0.6) is 0 Å². The van der Waals surface area contributed by atoms with Crippen LogP contribution in [0, 0.1) is 5.92 Å². The average Bonchev–Trinajstić information content (AvgIpc) is 2.39. The maximum atomic E-state index is 12.0. The predicted octanol–water partition coefficient (Wildman–Crippen LogP) is 6.39. The highest BCUT2D eigenvalue weighted by atomic mass is 28.3. The van der Waals surface area contributed by atoms with E-state index >= 15 is 0 Å². The van der Waals surface area contributed by atoms with E-state index in [1.807, 2.05) is 0 Å². The number of allylic oxidation sites excluding steroid dienone is 4. The summed E-state index contributed by atoms with van der Waals surface area (Å²) in [6.07, 6.45) is 16.2. The number of carbonyl (C=O) groups excluding carboxylic acids is 1. The van der Waals surface area contributed by atoms with Crippen LogP contribution < -0.4 is 0 Å². The van der Waals surface area contributed by atoms with E-state index < -0.39 is 8.07 Å². The van der Waals surface area contributed by atoms with Crippen LogP contribution in [-0.4, -0.2) is 13.9 Å². The lowest BCUT2D eigenvalue weighted by Gasteiger charge is -2.14. The molecular weight excluding hydrogens is 272 g/mol. The minimum absolute atomic E-state index is 0.296. The molecule has 0 saturated heterocycles. The van der Waals surface area contributed by atoms with Crippen molar-refractivity contribution in [1.29, 1.82) is 0 Å². The molecular formula is C19H36OSi. The molecule has 2 heteroatoms. The van der Waals surface area contributed by atoms with Gasteiger partial charge in [0.05, 0.1) is 0 Å². The summed E-state index contributed by atoms with van der Waals surface area (Å²) in [6, 6.07) is 1.22. The first-order valence-corrected chi connectivity index (χ1v) is 12.5. The molecule has 0 heterocycles. The number of hydrogen-bond acceptors (Lipinski definition) is 1. The van der Waals surface area contributed by atoms with E-state index in [0.717, 1.165) is 12.8 Å². The van der Waals surface area contributed by atoms with Gasteiger partial charge in [0.1, 0.15) is 0 Å². The molecule has 1 unspecified atom stereocenters. The molecule has 0 N–H and O–H groups in total. The minimum Gasteiger partial charge on any atom is -0.295 e. The molecule has 1 atom stereocenters. The standard InChI is InChI=1S/C19H36OSi/c1-6-8-10-11-15-19(20)17-18(13-9-7-2)14-12-16-21(3,4)5/h11-12,14-15,18H,6-10,13,16-17H2,1-5H3/b14-12+,15-11+. The van der Waals surface area contributed by atoms with E-state index in [4.69, 9.17) is 0 Å². The van der Waals surface area contributed by atoms with E-state index in [2.05, 4.69) is 51.7 Å². The zero-order valence-corrected chi connectivity index (χ0v) is 16.0. The Morgan fingerprint density at radius 3 is 2.29 bits per heavy atom. The number of unbranched alkanes of at least 4 members (excludes halogenated alkanes) is 3. The Morgan fingerprint density at radius 2 is 1.71 bits per heavy atom. The molecule has 122 valence electrons. The first kappa shape index (κ1) is 20.4. The average molecular weight is 309 g/mol. The fourth-order valence-electron chi connectivity index (χ4n) is 2.21. The highest BCUT2D eigenvalue weighted by Crippen LogP contribution is 2.18. The largest absolute Gasteiger partial charge is 0.295 e. The van der Waals surface area contributed by atoms with Crippen LogP contribution in [-0.2, 0) is 4.79 Å². The van der Waals surface area contributed by atoms with Crippen LogP contribution in [0.3, 0.4) is 0 Å². The van der Waals surface area contributed by atoms with Crippen molar-refractivity contribution in [3.63, 3.8) is 0 Å². The monoisotopic (exact) mass is 308 g/mol. The van der Waals surface area contributed by atoms with Crippen LogP contribution in [0.2, 0.25) is 25.7 Å². The second kappa shape index (κ2) is 12.0. The second-order valence-electron chi connectivity index (χ2n) is 7.31. The van der Waals surface area contributed by atoms with Gasteiger partial charge in [0, 0.05) is 14.5 Å². The van der Waals surface area contributed by atoms with Crippen molar-refractivity contribution in [2.45, 2.75) is 84.5 Å². The van der Waals surface area contributed by atoms with Crippen molar-refractivity contribution >= 4 is 13.9 Å². The summed E-state index contributed by atoms with van der Waals surface area (Å²) in [5.74, 6) is 0.731. The minimum atomic E-state index is -1.01. The molecule has 0 radical (unpaired) electrons. The van der Waals surface area contributed by atoms with Gasteiger partial charge in [-0.1, -0.05) is 77.4 Å². The van der Waals surface area contributed by atoms with Gasteiger partial charge in [-0.25, -0.2) is 0 Å². The summed E-state index contributed by atoms with van der Waals surface area (Å²) in [7, 11) is -1.01. The summed E-state index contributed by atoms with van der Waals surface area (Å²) in [4.78, 5) is 12.0. The van der Waals surface area contributed by atoms with E-state index in [9.17, 15) is 4.79 Å². The van der Waals surface area contributed by atoms with Crippen molar-refractivity contribution in [1.82, 2.24) is 0 Å². The van der Waals surface area contributed by atoms with Gasteiger partial charge >= 0.3 is 0 Å². The van der Waals surface area contributed by atoms with E-state index in [1.54, 1.807) is 6.08 Å². The lowest BCUT2D eigenvalue weighted by atomic mass is 9.95. The summed E-state index contributed by atoms with van der Waals surface area (Å²) in [5.41, 5.74) is 0. The molecule has 0 fully saturated rings. The summed E-state index contributed by atoms with van der Waals surface area (Å²) in [6.45, 7) is 11.6. The second-order valence-corrected chi connectivity index (χ2v) is 12.8. The third-order valence-electron chi connectivity index (χ3n) is 3.56. The van der Waals surface area contributed by atoms with Crippen LogP contribution in [0.25, 0.3) is 0 Å². The van der Waals surface area contributed by atoms with Crippen molar-refractivity contribution in [3.05, 3.63) is 24.3 Å². The third kappa shape index (κ3) is 14.1. The van der Waals surface area contributed by atoms with Crippen molar-refractivity contribution in [2.75, 3.05) is 0 Å². The Labute approximate surface area is 133 Å². The normalized spacial score (nSPS) is 14.1. The molecule has 1 nitrogen and oxygen atoms in total. The molecule has 0 rings (SSSR count). The van der Waals surface area contributed by atoms with Gasteiger partial charge in [-0.2, -0.15) is 0 Å². The van der Waals surface area contributed by atoms with Crippen molar-refractivity contribution in [2.24, 2.45) is 5.92 Å². The van der Waals surface area contributed by atoms with Gasteiger partial charge in [0.15, 0.2) is 5.78 Å². The number of ketones is 1. The van der Waals surface area contributed by atoms with Gasteiger partial charge < -0.3 is 0 Å². The van der Waals surface area contributed by atoms with Crippen LogP contribution in [0.15, 0.2) is 24.3 Å². The molecule has 0 aliphatic carbocycles. The first-order chi connectivity index (χ1) is 9.89. The van der Waals surface area contributed by atoms with Gasteiger partial charge in [-0.15, -0.1) is 0 Å². The Balaban J connectivity index is 4.33. The molecule has 0 aromatic rings. The third-order valence-corrected chi connectivity index (χ3v) is 5.02. The van der Waals surface area contributed by atoms with Crippen LogP contribution in [0.1, 0.15) is 58.8 Å². The van der Waals surface area contributed by atoms with E-state index in [1.165, 1.54) is 31.7 Å². The van der Waals surface area contributed by atoms with Crippen molar-refractivity contribution < 1.29 is 4.79 Å². The zero-order valence-electron chi connectivity index (χ0n) is 15.0. The highest BCUT2D eigenvalue weighted by Gasteiger charge is 2.12. The van der Waals surface area contributed by atoms with E-state index in [0.29, 0.717) is 18.1 Å². The predicted molar refractivity (Wildman–Crippen MR) is 98.6 cm³/mol. The van der Waals surface area contributed by atoms with Gasteiger partial charge in [-0.05, 0) is 30.9 Å². The van der Waals surface area contributed by atoms with Gasteiger partial charge in [0.2, 0.25) is 0 Å². The van der Waals surface area contributed by atoms with E-state index in [-0.39, 0.29) is 0 Å². The lowest BCUT2D eigenvalue weighted by Crippen LogP contribution is -2.17. The molecule has 21 heavy (non-hydrogen) atoms. The number of carbonyl (C=O) groups is 1. The molecule has 0 saturated carbocycles. The lowest BCUT2D eigenvalue weighted by molar-refractivity contribution is -0.115. The fraction of sp³-hybridized carbons (Fsp3) is 0.737. The van der Waals surface area contributed by atoms with Gasteiger partial charge in [0.25, 0.3) is 0 Å². The maximum Gasteiger partial charge on any atom is 0.155 e. The molecule has 0 spiro atoms. The smallest absolute Gasteiger partial charge is 0.155 e. The molecule has 0 aliphatic heterocycles. The summed E-state index contributed by atoms with van der Waals surface area (Å²) in [5, 5.41) is 0. The van der Waals surface area contributed by atoms with Crippen molar-refractivity contribution in [3.8, 4) is 0 Å². The Bertz CT molecular complexity index is 323. The number of rotatable bonds is 12. The fourth-order valence-corrected chi connectivity index (χ4v) is 3.05. The molecule has 0 aliphatic rings. The molecule has 0 aromatic carbocycles. The van der Waals surface area contributed by atoms with Crippen LogP contribution in [0.4, 0.5) is 0 Å². The van der Waals surface area contributed by atoms with Gasteiger partial charge in [-0.3, -0.25) is 4.79 Å². The summed E-state index contributed by atoms with van der Waals surface area (Å²) < 4.78 is 0. The Kier molecular flexibility index (Phi) is 11.6. The van der Waals surface area contributed by atoms with Crippen LogP contribution >= 0.6 is 0 Å². The molecule has 0 bridgehead atoms. The molecule has 0 amide bonds.